The molecule has 58 heavy (non-hydrogen) atoms. The number of carbonyl (C=O) groups excluding carboxylic acids is 2. The van der Waals surface area contributed by atoms with Crippen LogP contribution < -0.4 is 4.89 Å². The van der Waals surface area contributed by atoms with Crippen LogP contribution in [0.3, 0.4) is 0 Å². The van der Waals surface area contributed by atoms with Crippen molar-refractivity contribution in [1.29, 1.82) is 0 Å². The van der Waals surface area contributed by atoms with Gasteiger partial charge in [-0.25, -0.2) is 0 Å². The standard InChI is InChI=1S/C48H76NO8P/c1-6-8-10-12-14-16-18-20-21-22-23-24-25-26-27-29-30-32-34-36-38-40-47(50)54-44-46(45-56-58(52,53)55-43-42-49(3,4)5)57-48(51)41-39-37-35-33-31-28-19-17-15-13-11-9-7-2/h8-11,13-17,19-21,23-24,26-28,30-32,46H,6-7,12,18,22,25,29,33-45H2,1-5H3/b10-8+,11-9+,15-13+,16-14+,19-17+,21-20+,24-23+,27-26+,31-28+,32-30+. The number of carbonyl (C=O) groups is 2. The first kappa shape index (κ1) is 54.4. The maximum atomic E-state index is 12.6. The molecule has 9 nitrogen and oxygen atoms in total. The summed E-state index contributed by atoms with van der Waals surface area (Å²) < 4.78 is 33.7. The molecule has 0 aliphatic carbocycles. The number of hydrogen-bond donors (Lipinski definition) is 0. The van der Waals surface area contributed by atoms with Gasteiger partial charge in [-0.2, -0.15) is 0 Å². The number of allylic oxidation sites excluding steroid dienone is 20. The first-order valence-electron chi connectivity index (χ1n) is 21.3. The summed E-state index contributed by atoms with van der Waals surface area (Å²) >= 11 is 0. The highest BCUT2D eigenvalue weighted by Gasteiger charge is 2.21. The number of unbranched alkanes of at least 4 members (excludes halogenated alkanes) is 5. The van der Waals surface area contributed by atoms with Crippen molar-refractivity contribution >= 4 is 19.8 Å². The van der Waals surface area contributed by atoms with E-state index in [1.54, 1.807) is 0 Å². The van der Waals surface area contributed by atoms with Gasteiger partial charge in [0.05, 0.1) is 27.7 Å². The Morgan fingerprint density at radius 2 is 1.02 bits per heavy atom. The average Bonchev–Trinajstić information content (AvgIpc) is 3.17. The van der Waals surface area contributed by atoms with Crippen molar-refractivity contribution in [2.24, 2.45) is 0 Å². The van der Waals surface area contributed by atoms with Crippen molar-refractivity contribution in [3.63, 3.8) is 0 Å². The van der Waals surface area contributed by atoms with E-state index in [2.05, 4.69) is 98.9 Å². The van der Waals surface area contributed by atoms with E-state index in [0.717, 1.165) is 77.0 Å². The molecule has 0 amide bonds. The number of phosphoric ester groups is 1. The summed E-state index contributed by atoms with van der Waals surface area (Å²) in [6.45, 7) is 3.82. The highest BCUT2D eigenvalue weighted by Crippen LogP contribution is 2.38. The van der Waals surface area contributed by atoms with Gasteiger partial charge in [0.25, 0.3) is 7.82 Å². The fraction of sp³-hybridized carbons (Fsp3) is 0.542. The Hall–Kier alpha value is -3.59. The van der Waals surface area contributed by atoms with E-state index < -0.39 is 32.5 Å². The number of nitrogens with zero attached hydrogens (tertiary/aromatic N) is 1. The summed E-state index contributed by atoms with van der Waals surface area (Å²) in [6.07, 6.45) is 53.8. The molecule has 2 atom stereocenters. The van der Waals surface area contributed by atoms with Crippen LogP contribution in [-0.4, -0.2) is 70.0 Å². The lowest BCUT2D eigenvalue weighted by Crippen LogP contribution is -2.37. The number of hydrogen-bond acceptors (Lipinski definition) is 8. The van der Waals surface area contributed by atoms with E-state index in [1.165, 1.54) is 0 Å². The molecule has 0 aromatic heterocycles. The number of ether oxygens (including phenoxy) is 2. The molecular formula is C48H76NO8P. The summed E-state index contributed by atoms with van der Waals surface area (Å²) in [6, 6.07) is 0. The monoisotopic (exact) mass is 826 g/mol. The van der Waals surface area contributed by atoms with E-state index in [4.69, 9.17) is 18.5 Å². The third-order valence-corrected chi connectivity index (χ3v) is 9.04. The minimum absolute atomic E-state index is 0.0541. The van der Waals surface area contributed by atoms with Gasteiger partial charge in [0.15, 0.2) is 6.10 Å². The normalized spacial score (nSPS) is 14.8. The van der Waals surface area contributed by atoms with Gasteiger partial charge < -0.3 is 27.9 Å². The minimum Gasteiger partial charge on any atom is -0.756 e. The number of esters is 2. The van der Waals surface area contributed by atoms with Crippen LogP contribution in [0, 0.1) is 0 Å². The summed E-state index contributed by atoms with van der Waals surface area (Å²) in [5.41, 5.74) is 0. The SMILES string of the molecule is CC/C=C/C=C/C=C/C=C/CCCCCC(=O)OC(COC(=O)CCCC/C=C/C/C=C/C/C=C/C/C=C/C/C=C/C/C=C/CC)COP(=O)([O-])OCC[N+](C)(C)C. The molecule has 0 aliphatic heterocycles. The third kappa shape index (κ3) is 42.0. The van der Waals surface area contributed by atoms with Crippen molar-refractivity contribution in [2.45, 2.75) is 123 Å². The van der Waals surface area contributed by atoms with Crippen LogP contribution in [0.2, 0.25) is 0 Å². The molecule has 0 radical (unpaired) electrons. The van der Waals surface area contributed by atoms with Crippen molar-refractivity contribution in [3.05, 3.63) is 122 Å². The van der Waals surface area contributed by atoms with Gasteiger partial charge >= 0.3 is 11.9 Å². The summed E-state index contributed by atoms with van der Waals surface area (Å²) in [5, 5.41) is 0. The van der Waals surface area contributed by atoms with E-state index >= 15 is 0 Å². The zero-order valence-corrected chi connectivity index (χ0v) is 37.3. The maximum Gasteiger partial charge on any atom is 0.306 e. The van der Waals surface area contributed by atoms with Gasteiger partial charge in [0, 0.05) is 12.8 Å². The highest BCUT2D eigenvalue weighted by atomic mass is 31.2. The summed E-state index contributed by atoms with van der Waals surface area (Å²) in [7, 11) is 1.09. The molecule has 0 heterocycles. The van der Waals surface area contributed by atoms with E-state index in [0.29, 0.717) is 23.9 Å². The highest BCUT2D eigenvalue weighted by molar-refractivity contribution is 7.45. The smallest absolute Gasteiger partial charge is 0.306 e. The fourth-order valence-corrected chi connectivity index (χ4v) is 5.51. The topological polar surface area (TPSA) is 111 Å². The lowest BCUT2D eigenvalue weighted by atomic mass is 10.1. The first-order chi connectivity index (χ1) is 28.0. The van der Waals surface area contributed by atoms with Crippen LogP contribution >= 0.6 is 7.82 Å². The minimum atomic E-state index is -4.65. The van der Waals surface area contributed by atoms with Crippen molar-refractivity contribution in [2.75, 3.05) is 47.5 Å². The first-order valence-corrected chi connectivity index (χ1v) is 22.8. The number of quaternary nitrogens is 1. The third-order valence-electron chi connectivity index (χ3n) is 8.07. The Morgan fingerprint density at radius 1 is 0.552 bits per heavy atom. The van der Waals surface area contributed by atoms with Crippen molar-refractivity contribution in [3.8, 4) is 0 Å². The molecule has 326 valence electrons. The second-order valence-electron chi connectivity index (χ2n) is 14.7. The largest absolute Gasteiger partial charge is 0.756 e. The predicted octanol–water partition coefficient (Wildman–Crippen LogP) is 11.5. The van der Waals surface area contributed by atoms with Gasteiger partial charge in [-0.05, 0) is 83.5 Å². The molecule has 10 heteroatoms. The molecule has 0 aromatic carbocycles. The second kappa shape index (κ2) is 38.9. The molecule has 0 N–H and O–H groups in total. The van der Waals surface area contributed by atoms with Crippen molar-refractivity contribution in [1.82, 2.24) is 0 Å². The maximum absolute atomic E-state index is 12.6. The molecule has 0 spiro atoms. The predicted molar refractivity (Wildman–Crippen MR) is 240 cm³/mol. The van der Waals surface area contributed by atoms with E-state index in [-0.39, 0.29) is 26.1 Å². The molecule has 0 aliphatic rings. The molecule has 2 unspecified atom stereocenters. The Kier molecular flexibility index (Phi) is 36.5. The molecule has 0 aromatic rings. The van der Waals surface area contributed by atoms with Crippen molar-refractivity contribution < 1.29 is 42.1 Å². The van der Waals surface area contributed by atoms with Gasteiger partial charge in [-0.15, -0.1) is 0 Å². The van der Waals surface area contributed by atoms with Crippen LogP contribution in [0.4, 0.5) is 0 Å². The number of likely N-dealkylation sites (N-methyl/N-ethyl adjacent to an activating group) is 1. The van der Waals surface area contributed by atoms with Gasteiger partial charge in [0.1, 0.15) is 19.8 Å². The zero-order chi connectivity index (χ0) is 42.8. The van der Waals surface area contributed by atoms with Crippen LogP contribution in [0.25, 0.3) is 0 Å². The average molecular weight is 826 g/mol. The zero-order valence-electron chi connectivity index (χ0n) is 36.4. The van der Waals surface area contributed by atoms with E-state index in [9.17, 15) is 19.0 Å². The Balaban J connectivity index is 4.52. The van der Waals surface area contributed by atoms with Crippen LogP contribution in [0.15, 0.2) is 122 Å². The Morgan fingerprint density at radius 3 is 1.59 bits per heavy atom. The number of rotatable bonds is 36. The quantitative estimate of drug-likeness (QED) is 0.0153. The lowest BCUT2D eigenvalue weighted by Gasteiger charge is -2.28. The number of phosphoric acid groups is 1. The summed E-state index contributed by atoms with van der Waals surface area (Å²) in [4.78, 5) is 37.5. The fourth-order valence-electron chi connectivity index (χ4n) is 4.78. The van der Waals surface area contributed by atoms with Gasteiger partial charge in [-0.3, -0.25) is 14.2 Å². The van der Waals surface area contributed by atoms with Gasteiger partial charge in [0.2, 0.25) is 0 Å². The van der Waals surface area contributed by atoms with Crippen LogP contribution in [-0.2, 0) is 32.7 Å². The Bertz CT molecular complexity index is 1390. The van der Waals surface area contributed by atoms with Crippen LogP contribution in [0.1, 0.15) is 117 Å². The summed E-state index contributed by atoms with van der Waals surface area (Å²) in [5.74, 6) is -0.948. The second-order valence-corrected chi connectivity index (χ2v) is 16.1. The molecule has 0 fully saturated rings. The molecule has 0 rings (SSSR count). The van der Waals surface area contributed by atoms with Gasteiger partial charge in [-0.1, -0.05) is 142 Å². The molecule has 0 bridgehead atoms. The molecular weight excluding hydrogens is 750 g/mol. The van der Waals surface area contributed by atoms with Crippen LogP contribution in [0.5, 0.6) is 0 Å². The molecule has 0 saturated carbocycles. The van der Waals surface area contributed by atoms with E-state index in [1.807, 2.05) is 57.6 Å². The molecule has 0 saturated heterocycles. The lowest BCUT2D eigenvalue weighted by molar-refractivity contribution is -0.870. The Labute approximate surface area is 352 Å².